The lowest BCUT2D eigenvalue weighted by Crippen LogP contribution is -2.30. The maximum Gasteiger partial charge on any atom is 0.233 e. The molecular weight excluding hydrogens is 274 g/mol. The molecule has 0 aliphatic rings. The van der Waals surface area contributed by atoms with E-state index < -0.39 is 10.8 Å². The van der Waals surface area contributed by atoms with Gasteiger partial charge in [0.15, 0.2) is 0 Å². The summed E-state index contributed by atoms with van der Waals surface area (Å²) >= 11 is 0. The van der Waals surface area contributed by atoms with E-state index >= 15 is 0 Å². The molecule has 2 aromatic rings. The summed E-state index contributed by atoms with van der Waals surface area (Å²) in [7, 11) is -1.37. The Hall–Kier alpha value is -1.88. The van der Waals surface area contributed by atoms with Crippen molar-refractivity contribution in [2.45, 2.75) is 24.8 Å². The van der Waals surface area contributed by atoms with Crippen LogP contribution in [0.1, 0.15) is 24.3 Å². The highest BCUT2D eigenvalue weighted by Crippen LogP contribution is 2.15. The molecule has 0 saturated carbocycles. The number of carbonyl (C=O) groups is 1. The van der Waals surface area contributed by atoms with Gasteiger partial charge in [0.2, 0.25) is 5.91 Å². The molecular formula is C15H17NO3S. The topological polar surface area (TPSA) is 59.3 Å². The number of hydrogen-bond donors (Lipinski definition) is 1. The molecule has 0 unspecified atom stereocenters. The predicted octanol–water partition coefficient (Wildman–Crippen LogP) is 2.57. The van der Waals surface area contributed by atoms with Crippen LogP contribution in [0.25, 0.3) is 0 Å². The van der Waals surface area contributed by atoms with Gasteiger partial charge in [-0.25, -0.2) is 0 Å². The first-order valence-electron chi connectivity index (χ1n) is 6.34. The lowest BCUT2D eigenvalue weighted by Gasteiger charge is -2.13. The van der Waals surface area contributed by atoms with Crippen molar-refractivity contribution in [3.63, 3.8) is 0 Å². The quantitative estimate of drug-likeness (QED) is 0.921. The molecule has 1 aromatic heterocycles. The number of rotatable bonds is 5. The van der Waals surface area contributed by atoms with Crippen LogP contribution in [-0.2, 0) is 15.6 Å². The van der Waals surface area contributed by atoms with Crippen LogP contribution in [0, 0.1) is 6.92 Å². The molecule has 0 fully saturated rings. The van der Waals surface area contributed by atoms with E-state index in [1.165, 1.54) is 6.26 Å². The third-order valence-electron chi connectivity index (χ3n) is 3.00. The summed E-state index contributed by atoms with van der Waals surface area (Å²) in [6, 6.07) is 11.2. The molecule has 1 N–H and O–H groups in total. The van der Waals surface area contributed by atoms with Crippen molar-refractivity contribution in [2.75, 3.05) is 5.75 Å². The van der Waals surface area contributed by atoms with Crippen molar-refractivity contribution in [3.05, 3.63) is 54.0 Å². The fourth-order valence-electron chi connectivity index (χ4n) is 1.91. The van der Waals surface area contributed by atoms with Gasteiger partial charge in [0.05, 0.1) is 28.0 Å². The van der Waals surface area contributed by atoms with Gasteiger partial charge in [-0.1, -0.05) is 30.3 Å². The highest BCUT2D eigenvalue weighted by atomic mass is 32.2. The molecule has 20 heavy (non-hydrogen) atoms. The molecule has 0 aliphatic carbocycles. The van der Waals surface area contributed by atoms with E-state index in [1.807, 2.05) is 37.3 Å². The number of hydrogen-bond acceptors (Lipinski definition) is 3. The summed E-state index contributed by atoms with van der Waals surface area (Å²) in [6.07, 6.45) is 1.48. The van der Waals surface area contributed by atoms with Gasteiger partial charge in [-0.3, -0.25) is 9.00 Å². The molecule has 1 aromatic carbocycles. The molecule has 0 radical (unpaired) electrons. The highest BCUT2D eigenvalue weighted by Gasteiger charge is 2.16. The second-order valence-corrected chi connectivity index (χ2v) is 5.95. The predicted molar refractivity (Wildman–Crippen MR) is 77.7 cm³/mol. The van der Waals surface area contributed by atoms with Crippen molar-refractivity contribution in [2.24, 2.45) is 0 Å². The lowest BCUT2D eigenvalue weighted by atomic mass is 10.1. The average molecular weight is 291 g/mol. The zero-order valence-corrected chi connectivity index (χ0v) is 12.3. The summed E-state index contributed by atoms with van der Waals surface area (Å²) in [4.78, 5) is 12.5. The molecule has 5 heteroatoms. The minimum absolute atomic E-state index is 0.0580. The normalized spacial score (nSPS) is 13.7. The second kappa shape index (κ2) is 6.52. The van der Waals surface area contributed by atoms with Crippen molar-refractivity contribution in [1.82, 2.24) is 5.32 Å². The van der Waals surface area contributed by atoms with Gasteiger partial charge in [0.1, 0.15) is 11.5 Å². The van der Waals surface area contributed by atoms with E-state index in [4.69, 9.17) is 4.42 Å². The Balaban J connectivity index is 1.93. The maximum atomic E-state index is 12.0. The number of furan rings is 1. The fourth-order valence-corrected chi connectivity index (χ4v) is 2.97. The molecule has 0 spiro atoms. The SMILES string of the molecule is Cc1occc1[S@](=O)CC(=O)N[C@@H](C)c1ccccc1. The molecule has 0 saturated heterocycles. The molecule has 2 rings (SSSR count). The summed E-state index contributed by atoms with van der Waals surface area (Å²) in [6.45, 7) is 3.64. The van der Waals surface area contributed by atoms with Crippen LogP contribution >= 0.6 is 0 Å². The maximum absolute atomic E-state index is 12.0. The monoisotopic (exact) mass is 291 g/mol. The highest BCUT2D eigenvalue weighted by molar-refractivity contribution is 7.85. The third-order valence-corrected chi connectivity index (χ3v) is 4.43. The van der Waals surface area contributed by atoms with Gasteiger partial charge in [-0.05, 0) is 25.5 Å². The first kappa shape index (κ1) is 14.5. The van der Waals surface area contributed by atoms with E-state index in [2.05, 4.69) is 5.32 Å². The minimum Gasteiger partial charge on any atom is -0.468 e. The Morgan fingerprint density at radius 3 is 2.60 bits per heavy atom. The standard InChI is InChI=1S/C15H17NO3S/c1-11(13-6-4-3-5-7-13)16-15(17)10-20(18)14-8-9-19-12(14)2/h3-9,11H,10H2,1-2H3,(H,16,17)/t11-,20+/m0/s1. The van der Waals surface area contributed by atoms with Gasteiger partial charge < -0.3 is 9.73 Å². The van der Waals surface area contributed by atoms with Gasteiger partial charge in [0, 0.05) is 0 Å². The molecule has 1 amide bonds. The molecule has 0 bridgehead atoms. The van der Waals surface area contributed by atoms with Crippen LogP contribution in [0.3, 0.4) is 0 Å². The van der Waals surface area contributed by atoms with Crippen molar-refractivity contribution < 1.29 is 13.4 Å². The summed E-state index contributed by atoms with van der Waals surface area (Å²) in [5.41, 5.74) is 1.02. The summed E-state index contributed by atoms with van der Waals surface area (Å²) < 4.78 is 17.1. The second-order valence-electron chi connectivity index (χ2n) is 4.53. The minimum atomic E-state index is -1.37. The number of nitrogens with one attached hydrogen (secondary N) is 1. The molecule has 1 heterocycles. The Labute approximate surface area is 120 Å². The van der Waals surface area contributed by atoms with E-state index in [9.17, 15) is 9.00 Å². The van der Waals surface area contributed by atoms with Gasteiger partial charge >= 0.3 is 0 Å². The van der Waals surface area contributed by atoms with Crippen LogP contribution in [0.4, 0.5) is 0 Å². The number of aryl methyl sites for hydroxylation is 1. The van der Waals surface area contributed by atoms with Crippen molar-refractivity contribution in [3.8, 4) is 0 Å². The first-order valence-corrected chi connectivity index (χ1v) is 7.66. The van der Waals surface area contributed by atoms with Gasteiger partial charge in [0.25, 0.3) is 0 Å². The van der Waals surface area contributed by atoms with Crippen LogP contribution in [-0.4, -0.2) is 15.9 Å². The Bertz CT molecular complexity index is 607. The molecule has 106 valence electrons. The smallest absolute Gasteiger partial charge is 0.233 e. The van der Waals surface area contributed by atoms with E-state index in [-0.39, 0.29) is 17.7 Å². The van der Waals surface area contributed by atoms with Crippen molar-refractivity contribution >= 4 is 16.7 Å². The zero-order valence-electron chi connectivity index (χ0n) is 11.5. The molecule has 4 nitrogen and oxygen atoms in total. The van der Waals surface area contributed by atoms with Crippen LogP contribution in [0.2, 0.25) is 0 Å². The van der Waals surface area contributed by atoms with Gasteiger partial charge in [-0.15, -0.1) is 0 Å². The number of amides is 1. The van der Waals surface area contributed by atoms with Crippen LogP contribution in [0.15, 0.2) is 52.0 Å². The average Bonchev–Trinajstić information content (AvgIpc) is 2.86. The van der Waals surface area contributed by atoms with Gasteiger partial charge in [-0.2, -0.15) is 0 Å². The van der Waals surface area contributed by atoms with E-state index in [1.54, 1.807) is 13.0 Å². The fraction of sp³-hybridized carbons (Fsp3) is 0.267. The van der Waals surface area contributed by atoms with E-state index in [0.717, 1.165) is 5.56 Å². The van der Waals surface area contributed by atoms with Crippen LogP contribution in [0.5, 0.6) is 0 Å². The zero-order chi connectivity index (χ0) is 14.5. The number of benzene rings is 1. The Morgan fingerprint density at radius 1 is 1.30 bits per heavy atom. The Morgan fingerprint density at radius 2 is 2.00 bits per heavy atom. The largest absolute Gasteiger partial charge is 0.468 e. The summed E-state index contributed by atoms with van der Waals surface area (Å²) in [5, 5.41) is 2.85. The molecule has 2 atom stereocenters. The Kier molecular flexibility index (Phi) is 4.74. The molecule has 0 aliphatic heterocycles. The van der Waals surface area contributed by atoms with Crippen LogP contribution < -0.4 is 5.32 Å². The van der Waals surface area contributed by atoms with E-state index in [0.29, 0.717) is 10.7 Å². The first-order chi connectivity index (χ1) is 9.58. The summed E-state index contributed by atoms with van der Waals surface area (Å²) in [5.74, 6) is 0.296. The number of carbonyl (C=O) groups excluding carboxylic acids is 1. The van der Waals surface area contributed by atoms with Crippen molar-refractivity contribution in [1.29, 1.82) is 0 Å². The lowest BCUT2D eigenvalue weighted by molar-refractivity contribution is -0.119. The third kappa shape index (κ3) is 3.57.